The predicted octanol–water partition coefficient (Wildman–Crippen LogP) is 2.35. The fourth-order valence-corrected chi connectivity index (χ4v) is 3.20. The number of hydrogen-bond donors (Lipinski definition) is 2. The maximum Gasteiger partial charge on any atom is 0.434 e. The molecule has 0 saturated carbocycles. The Hall–Kier alpha value is -3.22. The molecule has 0 amide bonds. The minimum absolute atomic E-state index is 0.0307. The van der Waals surface area contributed by atoms with Gasteiger partial charge in [0.05, 0.1) is 12.2 Å². The van der Waals surface area contributed by atoms with Gasteiger partial charge in [0.1, 0.15) is 11.9 Å². The normalized spacial score (nSPS) is 16.2. The summed E-state index contributed by atoms with van der Waals surface area (Å²) in [6.07, 6.45) is 1.20. The van der Waals surface area contributed by atoms with Gasteiger partial charge in [-0.1, -0.05) is 30.3 Å². The van der Waals surface area contributed by atoms with Crippen molar-refractivity contribution in [2.45, 2.75) is 25.5 Å². The number of ether oxygens (including phenoxy) is 1. The molecule has 0 bridgehead atoms. The molecule has 0 saturated heterocycles. The quantitative estimate of drug-likeness (QED) is 0.684. The predicted molar refractivity (Wildman–Crippen MR) is 98.2 cm³/mol. The van der Waals surface area contributed by atoms with Gasteiger partial charge in [0, 0.05) is 18.7 Å². The Bertz CT molecular complexity index is 935. The number of benzene rings is 2. The van der Waals surface area contributed by atoms with E-state index in [4.69, 9.17) is 14.9 Å². The second-order valence-corrected chi connectivity index (χ2v) is 6.38. The first-order valence-corrected chi connectivity index (χ1v) is 8.57. The van der Waals surface area contributed by atoms with Gasteiger partial charge in [-0.15, -0.1) is 5.10 Å². The second-order valence-electron chi connectivity index (χ2n) is 6.38. The van der Waals surface area contributed by atoms with Gasteiger partial charge in [-0.2, -0.15) is 0 Å². The summed E-state index contributed by atoms with van der Waals surface area (Å²) in [6.45, 7) is 1.49. The number of fused-ring (bicyclic) bond motifs is 1. The van der Waals surface area contributed by atoms with E-state index in [0.29, 0.717) is 24.4 Å². The van der Waals surface area contributed by atoms with E-state index in [0.717, 1.165) is 24.5 Å². The van der Waals surface area contributed by atoms with Crippen molar-refractivity contribution in [1.82, 2.24) is 10.2 Å². The number of anilines is 2. The summed E-state index contributed by atoms with van der Waals surface area (Å²) in [5, 5.41) is 6.14. The number of aryl methyl sites for hydroxylation is 1. The van der Waals surface area contributed by atoms with Crippen LogP contribution >= 0.6 is 0 Å². The summed E-state index contributed by atoms with van der Waals surface area (Å²) in [7, 11) is 0. The zero-order valence-corrected chi connectivity index (χ0v) is 14.2. The van der Waals surface area contributed by atoms with Gasteiger partial charge < -0.3 is 19.8 Å². The molecule has 1 aliphatic rings. The van der Waals surface area contributed by atoms with Crippen LogP contribution in [0.25, 0.3) is 0 Å². The molecule has 3 N–H and O–H groups in total. The smallest absolute Gasteiger partial charge is 0.434 e. The summed E-state index contributed by atoms with van der Waals surface area (Å²) < 4.78 is 11.1. The molecule has 26 heavy (non-hydrogen) atoms. The monoisotopic (exact) mass is 352 g/mol. The van der Waals surface area contributed by atoms with Crippen LogP contribution in [0.1, 0.15) is 17.9 Å². The largest absolute Gasteiger partial charge is 0.486 e. The number of nitrogen functional groups attached to an aromatic ring is 1. The molecule has 1 aliphatic heterocycles. The van der Waals surface area contributed by atoms with Crippen LogP contribution < -0.4 is 21.1 Å². The molecule has 4 rings (SSSR count). The third-order valence-corrected chi connectivity index (χ3v) is 4.42. The molecule has 2 heterocycles. The van der Waals surface area contributed by atoms with E-state index in [1.807, 2.05) is 36.4 Å². The van der Waals surface area contributed by atoms with E-state index in [1.165, 1.54) is 5.56 Å². The molecule has 0 aliphatic carbocycles. The average Bonchev–Trinajstić information content (AvgIpc) is 3.07. The highest BCUT2D eigenvalue weighted by molar-refractivity contribution is 5.66. The lowest BCUT2D eigenvalue weighted by molar-refractivity contribution is 0.180. The zero-order valence-electron chi connectivity index (χ0n) is 14.2. The van der Waals surface area contributed by atoms with E-state index in [-0.39, 0.29) is 6.10 Å². The zero-order chi connectivity index (χ0) is 17.9. The van der Waals surface area contributed by atoms with E-state index in [1.54, 1.807) is 0 Å². The Labute approximate surface area is 150 Å². The van der Waals surface area contributed by atoms with Crippen LogP contribution in [0.5, 0.6) is 5.75 Å². The van der Waals surface area contributed by atoms with Crippen LogP contribution in [0.4, 0.5) is 11.4 Å². The van der Waals surface area contributed by atoms with Gasteiger partial charge in [-0.25, -0.2) is 9.89 Å². The number of nitrogens with zero attached hydrogens (tertiary/aromatic N) is 2. The summed E-state index contributed by atoms with van der Waals surface area (Å²) in [6, 6.07) is 16.0. The number of aromatic amines is 1. The van der Waals surface area contributed by atoms with Crippen LogP contribution in [0, 0.1) is 0 Å². The fourth-order valence-electron chi connectivity index (χ4n) is 3.20. The number of hydrogen-bond acceptors (Lipinski definition) is 6. The van der Waals surface area contributed by atoms with Crippen molar-refractivity contribution >= 4 is 11.4 Å². The Morgan fingerprint density at radius 2 is 2.08 bits per heavy atom. The highest BCUT2D eigenvalue weighted by Crippen LogP contribution is 2.36. The van der Waals surface area contributed by atoms with Crippen molar-refractivity contribution in [1.29, 1.82) is 0 Å². The molecular formula is C19H20N4O3. The Kier molecular flexibility index (Phi) is 4.35. The fraction of sp³-hybridized carbons (Fsp3) is 0.263. The number of H-pyrrole nitrogens is 1. The molecule has 7 nitrogen and oxygen atoms in total. The minimum Gasteiger partial charge on any atom is -0.486 e. The first-order valence-electron chi connectivity index (χ1n) is 8.57. The van der Waals surface area contributed by atoms with E-state index in [9.17, 15) is 4.79 Å². The van der Waals surface area contributed by atoms with Crippen LogP contribution in [-0.4, -0.2) is 22.8 Å². The lowest BCUT2D eigenvalue weighted by Crippen LogP contribution is -2.40. The number of nitrogens with two attached hydrogens (primary N) is 1. The number of nitrogens with one attached hydrogen (secondary N) is 1. The minimum atomic E-state index is -0.531. The number of rotatable bonds is 5. The maximum atomic E-state index is 11.1. The molecule has 7 heteroatoms. The molecule has 1 aromatic heterocycles. The van der Waals surface area contributed by atoms with Crippen molar-refractivity contribution in [2.24, 2.45) is 0 Å². The first kappa shape index (κ1) is 16.3. The topological polar surface area (TPSA) is 97.4 Å². The van der Waals surface area contributed by atoms with Crippen molar-refractivity contribution in [3.63, 3.8) is 0 Å². The molecule has 0 fully saturated rings. The molecule has 0 radical (unpaired) electrons. The molecule has 0 spiro atoms. The van der Waals surface area contributed by atoms with Gasteiger partial charge in [-0.3, -0.25) is 0 Å². The van der Waals surface area contributed by atoms with E-state index in [2.05, 4.69) is 27.2 Å². The van der Waals surface area contributed by atoms with Crippen molar-refractivity contribution < 1.29 is 9.15 Å². The summed E-state index contributed by atoms with van der Waals surface area (Å²) >= 11 is 0. The molecule has 0 unspecified atom stereocenters. The standard InChI is InChI=1S/C19H20N4O3/c20-14-6-8-17-16(10-14)23(11-13-4-2-1-3-5-13)12-15(25-17)7-9-18-21-22-19(24)26-18/h1-6,8,10,15H,7,9,11-12,20H2,(H,22,24)/t15-/m0/s1. The van der Waals surface area contributed by atoms with E-state index < -0.39 is 5.76 Å². The van der Waals surface area contributed by atoms with Crippen molar-refractivity contribution in [3.05, 3.63) is 70.5 Å². The Morgan fingerprint density at radius 3 is 2.85 bits per heavy atom. The van der Waals surface area contributed by atoms with Crippen LogP contribution in [0.3, 0.4) is 0 Å². The van der Waals surface area contributed by atoms with Gasteiger partial charge in [0.15, 0.2) is 0 Å². The molecule has 134 valence electrons. The van der Waals surface area contributed by atoms with E-state index >= 15 is 0 Å². The summed E-state index contributed by atoms with van der Waals surface area (Å²) in [5.41, 5.74) is 8.90. The maximum absolute atomic E-state index is 11.1. The third-order valence-electron chi connectivity index (χ3n) is 4.42. The van der Waals surface area contributed by atoms with Gasteiger partial charge >= 0.3 is 5.76 Å². The van der Waals surface area contributed by atoms with Crippen molar-refractivity contribution in [2.75, 3.05) is 17.2 Å². The van der Waals surface area contributed by atoms with Crippen LogP contribution in [0.2, 0.25) is 0 Å². The van der Waals surface area contributed by atoms with Crippen LogP contribution in [0.15, 0.2) is 57.7 Å². The Balaban J connectivity index is 1.53. The highest BCUT2D eigenvalue weighted by atomic mass is 16.5. The van der Waals surface area contributed by atoms with Crippen molar-refractivity contribution in [3.8, 4) is 5.75 Å². The van der Waals surface area contributed by atoms with Gasteiger partial charge in [0.25, 0.3) is 0 Å². The molecular weight excluding hydrogens is 332 g/mol. The van der Waals surface area contributed by atoms with Gasteiger partial charge in [0.2, 0.25) is 5.89 Å². The third kappa shape index (κ3) is 3.56. The molecule has 1 atom stereocenters. The summed E-state index contributed by atoms with van der Waals surface area (Å²) in [4.78, 5) is 13.3. The molecule has 3 aromatic rings. The highest BCUT2D eigenvalue weighted by Gasteiger charge is 2.26. The lowest BCUT2D eigenvalue weighted by atomic mass is 10.1. The SMILES string of the molecule is Nc1ccc2c(c1)N(Cc1ccccc1)C[C@H](CCc1n[nH]c(=O)o1)O2. The van der Waals surface area contributed by atoms with Crippen LogP contribution in [-0.2, 0) is 13.0 Å². The average molecular weight is 352 g/mol. The second kappa shape index (κ2) is 6.95. The lowest BCUT2D eigenvalue weighted by Gasteiger charge is -2.36. The van der Waals surface area contributed by atoms with Gasteiger partial charge in [-0.05, 0) is 30.2 Å². The first-order chi connectivity index (χ1) is 12.7. The summed E-state index contributed by atoms with van der Waals surface area (Å²) in [5.74, 6) is 0.683. The Morgan fingerprint density at radius 1 is 1.23 bits per heavy atom. The number of aromatic nitrogens is 2. The molecule has 2 aromatic carbocycles.